The van der Waals surface area contributed by atoms with Crippen molar-refractivity contribution in [3.63, 3.8) is 0 Å². The molecule has 0 heterocycles. The van der Waals surface area contributed by atoms with E-state index in [1.165, 1.54) is 13.5 Å². The van der Waals surface area contributed by atoms with Crippen LogP contribution in [-0.2, 0) is 4.65 Å². The van der Waals surface area contributed by atoms with Gasteiger partial charge in [0.1, 0.15) is 5.75 Å². The molecule has 0 saturated heterocycles. The molecule has 0 aliphatic rings. The molecule has 0 unspecified atom stereocenters. The molecule has 2 N–H and O–H groups in total. The van der Waals surface area contributed by atoms with Crippen molar-refractivity contribution in [1.29, 1.82) is 0 Å². The van der Waals surface area contributed by atoms with Gasteiger partial charge in [0.25, 0.3) is 0 Å². The zero-order chi connectivity index (χ0) is 14.8. The molecule has 1 aromatic rings. The minimum Gasteiger partial charge on any atom is -0.507 e. The monoisotopic (exact) mass is 263 g/mol. The summed E-state index contributed by atoms with van der Waals surface area (Å²) in [4.78, 5) is 10.8. The lowest BCUT2D eigenvalue weighted by Crippen LogP contribution is -2.49. The number of aromatic hydroxyl groups is 1. The fraction of sp³-hybridized carbons (Fsp3) is 0.500. The third-order valence-electron chi connectivity index (χ3n) is 3.44. The normalized spacial score (nSPS) is 12.3. The Morgan fingerprint density at radius 3 is 2.32 bits per heavy atom. The quantitative estimate of drug-likeness (QED) is 0.621. The van der Waals surface area contributed by atoms with Crippen molar-refractivity contribution in [2.24, 2.45) is 0 Å². The summed E-state index contributed by atoms with van der Waals surface area (Å²) in [6.45, 7) is 8.59. The van der Waals surface area contributed by atoms with Crippen molar-refractivity contribution < 1.29 is 19.7 Å². The Morgan fingerprint density at radius 2 is 1.84 bits per heavy atom. The largest absolute Gasteiger partial charge is 0.507 e. The van der Waals surface area contributed by atoms with Crippen LogP contribution >= 0.6 is 0 Å². The Bertz CT molecular complexity index is 475. The molecule has 103 valence electrons. The van der Waals surface area contributed by atoms with Crippen LogP contribution in [0.2, 0.25) is 0 Å². The second-order valence-electron chi connectivity index (χ2n) is 5.70. The average molecular weight is 263 g/mol. The maximum Gasteiger partial charge on any atom is 0.330 e. The number of carbonyl (C=O) groups is 1. The molecule has 19 heavy (non-hydrogen) atoms. The summed E-state index contributed by atoms with van der Waals surface area (Å²) in [5.74, 6) is -0.0195. The molecule has 0 bridgehead atoms. The van der Waals surface area contributed by atoms with Gasteiger partial charge in [-0.2, -0.15) is 0 Å². The van der Waals surface area contributed by atoms with Gasteiger partial charge in [-0.3, -0.25) is 4.79 Å². The van der Waals surface area contributed by atoms with E-state index >= 15 is 0 Å². The molecule has 0 aromatic heterocycles. The van der Waals surface area contributed by atoms with Gasteiger partial charge in [-0.25, -0.2) is 0 Å². The Labute approximate surface area is 114 Å². The lowest BCUT2D eigenvalue weighted by atomic mass is 9.81. The number of aryl methyl sites for hydroxylation is 1. The van der Waals surface area contributed by atoms with Gasteiger partial charge in [0.05, 0.1) is 16.8 Å². The highest BCUT2D eigenvalue weighted by Crippen LogP contribution is 2.24. The number of benzene rings is 1. The van der Waals surface area contributed by atoms with Crippen LogP contribution in [0.25, 0.3) is 0 Å². The van der Waals surface area contributed by atoms with E-state index in [0.29, 0.717) is 17.3 Å². The van der Waals surface area contributed by atoms with Gasteiger partial charge >= 0.3 is 7.48 Å². The van der Waals surface area contributed by atoms with Crippen molar-refractivity contribution in [3.05, 3.63) is 23.3 Å². The second kappa shape index (κ2) is 5.35. The summed E-state index contributed by atoms with van der Waals surface area (Å²) in [5, 5.41) is 19.6. The standard InChI is InChI=1S/C14H20BO4/c1-9-6-11(7-10(8-16)12(9)17)15-19-14(4,5)13(2,3)18/h6-8,17-18H,1-5H3. The van der Waals surface area contributed by atoms with Crippen molar-refractivity contribution in [2.75, 3.05) is 0 Å². The van der Waals surface area contributed by atoms with E-state index in [0.717, 1.165) is 0 Å². The number of aldehydes is 1. The Balaban J connectivity index is 2.91. The molecule has 5 heteroatoms. The number of hydrogen-bond donors (Lipinski definition) is 2. The lowest BCUT2D eigenvalue weighted by molar-refractivity contribution is -0.0893. The molecule has 0 atom stereocenters. The van der Waals surface area contributed by atoms with E-state index in [-0.39, 0.29) is 11.3 Å². The van der Waals surface area contributed by atoms with Crippen LogP contribution in [0.15, 0.2) is 12.1 Å². The summed E-state index contributed by atoms with van der Waals surface area (Å²) in [6.07, 6.45) is 0.598. The van der Waals surface area contributed by atoms with Crippen LogP contribution in [-0.4, -0.2) is 35.2 Å². The molecule has 1 aromatic carbocycles. The lowest BCUT2D eigenvalue weighted by Gasteiger charge is -2.37. The topological polar surface area (TPSA) is 66.8 Å². The number of phenolic OH excluding ortho intramolecular Hbond substituents is 1. The van der Waals surface area contributed by atoms with Crippen molar-refractivity contribution in [1.82, 2.24) is 0 Å². The highest BCUT2D eigenvalue weighted by atomic mass is 16.5. The summed E-state index contributed by atoms with van der Waals surface area (Å²) in [7, 11) is 1.48. The molecule has 0 fully saturated rings. The number of aliphatic hydroxyl groups is 1. The predicted octanol–water partition coefficient (Wildman–Crippen LogP) is 1.32. The molecule has 1 radical (unpaired) electrons. The van der Waals surface area contributed by atoms with Gasteiger partial charge in [-0.1, -0.05) is 17.6 Å². The first-order chi connectivity index (χ1) is 8.58. The van der Waals surface area contributed by atoms with Crippen LogP contribution in [0, 0.1) is 6.92 Å². The third kappa shape index (κ3) is 3.58. The summed E-state index contributed by atoms with van der Waals surface area (Å²) >= 11 is 0. The van der Waals surface area contributed by atoms with E-state index in [1.54, 1.807) is 40.7 Å². The fourth-order valence-electron chi connectivity index (χ4n) is 1.35. The Hall–Kier alpha value is -1.33. The first-order valence-corrected chi connectivity index (χ1v) is 6.10. The Morgan fingerprint density at radius 1 is 1.26 bits per heavy atom. The minimum absolute atomic E-state index is 0.0195. The highest BCUT2D eigenvalue weighted by molar-refractivity contribution is 6.47. The van der Waals surface area contributed by atoms with Gasteiger partial charge in [-0.15, -0.1) is 0 Å². The van der Waals surface area contributed by atoms with Gasteiger partial charge in [-0.05, 0) is 40.2 Å². The van der Waals surface area contributed by atoms with Gasteiger partial charge in [0, 0.05) is 0 Å². The molecule has 0 amide bonds. The van der Waals surface area contributed by atoms with Crippen molar-refractivity contribution in [3.8, 4) is 5.75 Å². The summed E-state index contributed by atoms with van der Waals surface area (Å²) in [6, 6.07) is 3.25. The number of hydrogen-bond acceptors (Lipinski definition) is 4. The molecular formula is C14H20BO4. The molecule has 0 saturated carbocycles. The zero-order valence-electron chi connectivity index (χ0n) is 12.0. The summed E-state index contributed by atoms with van der Waals surface area (Å²) in [5.41, 5.74) is -0.311. The molecule has 0 spiro atoms. The first-order valence-electron chi connectivity index (χ1n) is 6.10. The maximum atomic E-state index is 10.8. The number of phenols is 1. The van der Waals surface area contributed by atoms with Crippen molar-refractivity contribution >= 4 is 19.2 Å². The molecule has 1 rings (SSSR count). The van der Waals surface area contributed by atoms with E-state index in [4.69, 9.17) is 4.65 Å². The molecule has 0 aliphatic heterocycles. The van der Waals surface area contributed by atoms with Crippen LogP contribution in [0.4, 0.5) is 0 Å². The predicted molar refractivity (Wildman–Crippen MR) is 75.1 cm³/mol. The maximum absolute atomic E-state index is 10.8. The first kappa shape index (κ1) is 15.7. The van der Waals surface area contributed by atoms with Crippen LogP contribution in [0.3, 0.4) is 0 Å². The van der Waals surface area contributed by atoms with Gasteiger partial charge in [0.15, 0.2) is 6.29 Å². The van der Waals surface area contributed by atoms with E-state index < -0.39 is 11.2 Å². The summed E-state index contributed by atoms with van der Waals surface area (Å²) < 4.78 is 5.60. The third-order valence-corrected chi connectivity index (χ3v) is 3.44. The molecule has 0 aliphatic carbocycles. The average Bonchev–Trinajstić information content (AvgIpc) is 2.29. The van der Waals surface area contributed by atoms with Crippen LogP contribution in [0.5, 0.6) is 5.75 Å². The fourth-order valence-corrected chi connectivity index (χ4v) is 1.35. The zero-order valence-corrected chi connectivity index (χ0v) is 12.0. The van der Waals surface area contributed by atoms with Crippen molar-refractivity contribution in [2.45, 2.75) is 45.8 Å². The smallest absolute Gasteiger partial charge is 0.330 e. The van der Waals surface area contributed by atoms with E-state index in [9.17, 15) is 15.0 Å². The highest BCUT2D eigenvalue weighted by Gasteiger charge is 2.35. The number of rotatable bonds is 5. The second-order valence-corrected chi connectivity index (χ2v) is 5.70. The van der Waals surface area contributed by atoms with Crippen LogP contribution < -0.4 is 5.46 Å². The van der Waals surface area contributed by atoms with Gasteiger partial charge < -0.3 is 14.9 Å². The molecule has 4 nitrogen and oxygen atoms in total. The Kier molecular flexibility index (Phi) is 4.43. The van der Waals surface area contributed by atoms with Crippen LogP contribution in [0.1, 0.15) is 43.6 Å². The van der Waals surface area contributed by atoms with Gasteiger partial charge in [0.2, 0.25) is 0 Å². The SMILES string of the molecule is Cc1cc([B]OC(C)(C)C(C)(C)O)cc(C=O)c1O. The van der Waals surface area contributed by atoms with E-state index in [2.05, 4.69) is 0 Å². The number of carbonyl (C=O) groups excluding carboxylic acids is 1. The molecular weight excluding hydrogens is 243 g/mol. The minimum atomic E-state index is -1.01. The van der Waals surface area contributed by atoms with E-state index in [1.807, 2.05) is 0 Å².